The van der Waals surface area contributed by atoms with Gasteiger partial charge in [0.1, 0.15) is 6.10 Å². The van der Waals surface area contributed by atoms with E-state index in [1.807, 2.05) is 0 Å². The van der Waals surface area contributed by atoms with Gasteiger partial charge in [0.2, 0.25) is 5.82 Å². The number of fused-ring (bicyclic) bond motifs is 2. The summed E-state index contributed by atoms with van der Waals surface area (Å²) in [6.45, 7) is -1.11. The summed E-state index contributed by atoms with van der Waals surface area (Å²) in [5.41, 5.74) is 0. The van der Waals surface area contributed by atoms with Crippen LogP contribution in [0.25, 0.3) is 10.8 Å². The second-order valence-corrected chi connectivity index (χ2v) is 7.67. The van der Waals surface area contributed by atoms with Crippen molar-refractivity contribution in [2.45, 2.75) is 25.0 Å². The molecular formula is C21H13F7O5. The summed E-state index contributed by atoms with van der Waals surface area (Å²) < 4.78 is 107. The maximum Gasteiger partial charge on any atom is 0.306 e. The van der Waals surface area contributed by atoms with Gasteiger partial charge in [-0.25, -0.2) is 26.3 Å². The number of aliphatic hydroxyl groups excluding tert-OH is 1. The van der Waals surface area contributed by atoms with Crippen molar-refractivity contribution in [3.05, 3.63) is 52.9 Å². The number of halogens is 7. The third-order valence-corrected chi connectivity index (χ3v) is 5.74. The van der Waals surface area contributed by atoms with Crippen LogP contribution in [0.2, 0.25) is 0 Å². The van der Waals surface area contributed by atoms with Crippen LogP contribution in [-0.2, 0) is 14.3 Å². The first-order chi connectivity index (χ1) is 15.5. The Morgan fingerprint density at radius 2 is 1.52 bits per heavy atom. The van der Waals surface area contributed by atoms with Gasteiger partial charge in [0.05, 0.1) is 23.3 Å². The van der Waals surface area contributed by atoms with Crippen LogP contribution in [0.1, 0.15) is 12.8 Å². The van der Waals surface area contributed by atoms with Crippen molar-refractivity contribution >= 4 is 22.5 Å². The lowest BCUT2D eigenvalue weighted by Crippen LogP contribution is -2.19. The molecule has 176 valence electrons. The van der Waals surface area contributed by atoms with Crippen molar-refractivity contribution in [1.29, 1.82) is 0 Å². The minimum absolute atomic E-state index is 0.0282. The summed E-state index contributed by atoms with van der Waals surface area (Å²) in [5, 5.41) is 6.78. The summed E-state index contributed by atoms with van der Waals surface area (Å²) in [4.78, 5) is 23.5. The zero-order chi connectivity index (χ0) is 24.2. The van der Waals surface area contributed by atoms with E-state index in [1.54, 1.807) is 0 Å². The first kappa shape index (κ1) is 23.0. The van der Waals surface area contributed by atoms with E-state index < -0.39 is 93.7 Å². The summed E-state index contributed by atoms with van der Waals surface area (Å²) in [5.74, 6) is -20.2. The second-order valence-electron chi connectivity index (χ2n) is 7.67. The Kier molecular flexibility index (Phi) is 5.81. The van der Waals surface area contributed by atoms with Gasteiger partial charge >= 0.3 is 5.97 Å². The SMILES string of the molecule is O=C(/C=C/[C@@H]1[C@H]2CC(=O)O[C@H]2C[C@H]1O)COc1c(F)c(F)c(F)c2c(F)c(F)c(F)c(F)c12. The van der Waals surface area contributed by atoms with Gasteiger partial charge in [-0.15, -0.1) is 0 Å². The Balaban J connectivity index is 1.60. The fourth-order valence-electron chi connectivity index (χ4n) is 4.20. The molecule has 2 fully saturated rings. The van der Waals surface area contributed by atoms with E-state index in [2.05, 4.69) is 0 Å². The average molecular weight is 478 g/mol. The predicted molar refractivity (Wildman–Crippen MR) is 95.4 cm³/mol. The fraction of sp³-hybridized carbons (Fsp3) is 0.333. The number of hydrogen-bond donors (Lipinski definition) is 1. The largest absolute Gasteiger partial charge is 0.481 e. The van der Waals surface area contributed by atoms with E-state index in [4.69, 9.17) is 9.47 Å². The minimum Gasteiger partial charge on any atom is -0.481 e. The molecule has 1 heterocycles. The maximum atomic E-state index is 14.2. The Bertz CT molecular complexity index is 1200. The van der Waals surface area contributed by atoms with Gasteiger partial charge in [-0.2, -0.15) is 4.39 Å². The Hall–Kier alpha value is -3.15. The number of ketones is 1. The molecule has 1 N–H and O–H groups in total. The molecule has 2 aliphatic rings. The molecule has 0 spiro atoms. The van der Waals surface area contributed by atoms with Gasteiger partial charge in [-0.3, -0.25) is 9.59 Å². The first-order valence-corrected chi connectivity index (χ1v) is 9.56. The topological polar surface area (TPSA) is 72.8 Å². The number of esters is 1. The van der Waals surface area contributed by atoms with E-state index in [9.17, 15) is 45.4 Å². The molecule has 2 aromatic carbocycles. The van der Waals surface area contributed by atoms with Crippen molar-refractivity contribution in [1.82, 2.24) is 0 Å². The van der Waals surface area contributed by atoms with Crippen LogP contribution in [0.15, 0.2) is 12.2 Å². The fourth-order valence-corrected chi connectivity index (χ4v) is 4.20. The van der Waals surface area contributed by atoms with Crippen LogP contribution in [0, 0.1) is 52.6 Å². The highest BCUT2D eigenvalue weighted by atomic mass is 19.2. The summed E-state index contributed by atoms with van der Waals surface area (Å²) in [7, 11) is 0. The Morgan fingerprint density at radius 1 is 0.939 bits per heavy atom. The molecule has 0 unspecified atom stereocenters. The number of aliphatic hydroxyl groups is 1. The molecule has 1 aliphatic heterocycles. The van der Waals surface area contributed by atoms with E-state index in [0.717, 1.165) is 6.08 Å². The smallest absolute Gasteiger partial charge is 0.306 e. The lowest BCUT2D eigenvalue weighted by atomic mass is 9.91. The number of benzene rings is 2. The number of ether oxygens (including phenoxy) is 2. The molecule has 12 heteroatoms. The van der Waals surface area contributed by atoms with Crippen molar-refractivity contribution in [2.24, 2.45) is 11.8 Å². The van der Waals surface area contributed by atoms with E-state index >= 15 is 0 Å². The quantitative estimate of drug-likeness (QED) is 0.234. The number of carbonyl (C=O) groups excluding carboxylic acids is 2. The van der Waals surface area contributed by atoms with Gasteiger partial charge in [0.25, 0.3) is 0 Å². The van der Waals surface area contributed by atoms with Gasteiger partial charge in [0.15, 0.2) is 53.0 Å². The lowest BCUT2D eigenvalue weighted by Gasteiger charge is -2.15. The molecule has 0 aromatic heterocycles. The molecule has 0 amide bonds. The molecule has 4 rings (SSSR count). The third kappa shape index (κ3) is 3.71. The zero-order valence-electron chi connectivity index (χ0n) is 16.3. The van der Waals surface area contributed by atoms with Crippen molar-refractivity contribution in [3.8, 4) is 5.75 Å². The zero-order valence-corrected chi connectivity index (χ0v) is 16.3. The third-order valence-electron chi connectivity index (χ3n) is 5.74. The van der Waals surface area contributed by atoms with Gasteiger partial charge in [-0.05, 0) is 6.08 Å². The summed E-state index contributed by atoms with van der Waals surface area (Å²) in [6.07, 6.45) is 0.925. The number of carbonyl (C=O) groups is 2. The van der Waals surface area contributed by atoms with Crippen LogP contribution in [0.5, 0.6) is 5.75 Å². The lowest BCUT2D eigenvalue weighted by molar-refractivity contribution is -0.141. The average Bonchev–Trinajstić information content (AvgIpc) is 3.26. The van der Waals surface area contributed by atoms with Crippen LogP contribution >= 0.6 is 0 Å². The molecule has 0 bridgehead atoms. The standard InChI is InChI=1S/C21H13F7O5/c22-14-12-13(16(24)18(26)17(14)25)21(20(28)19(27)15(12)23)32-5-6(29)1-2-7-8-3-11(31)33-10(8)4-9(7)30/h1-2,7-10,30H,3-5H2/b2-1+/t7-,8-,9-,10+/m1/s1. The van der Waals surface area contributed by atoms with Gasteiger partial charge in [-0.1, -0.05) is 6.08 Å². The number of rotatable bonds is 5. The molecule has 2 aromatic rings. The second kappa shape index (κ2) is 8.32. The highest BCUT2D eigenvalue weighted by molar-refractivity contribution is 5.93. The van der Waals surface area contributed by atoms with E-state index in [0.29, 0.717) is 0 Å². The maximum absolute atomic E-state index is 14.2. The van der Waals surface area contributed by atoms with Gasteiger partial charge in [0, 0.05) is 18.3 Å². The molecule has 1 saturated heterocycles. The molecule has 4 atom stereocenters. The molecule has 0 radical (unpaired) electrons. The van der Waals surface area contributed by atoms with E-state index in [1.165, 1.54) is 6.08 Å². The minimum atomic E-state index is -2.45. The van der Waals surface area contributed by atoms with Gasteiger partial charge < -0.3 is 14.6 Å². The first-order valence-electron chi connectivity index (χ1n) is 9.56. The number of hydrogen-bond acceptors (Lipinski definition) is 5. The van der Waals surface area contributed by atoms with Crippen LogP contribution in [0.4, 0.5) is 30.7 Å². The molecule has 33 heavy (non-hydrogen) atoms. The predicted octanol–water partition coefficient (Wildman–Crippen LogP) is 3.63. The van der Waals surface area contributed by atoms with Crippen molar-refractivity contribution in [2.75, 3.05) is 6.61 Å². The van der Waals surface area contributed by atoms with Crippen LogP contribution in [-0.4, -0.2) is 35.7 Å². The van der Waals surface area contributed by atoms with Crippen molar-refractivity contribution in [3.63, 3.8) is 0 Å². The van der Waals surface area contributed by atoms with Crippen LogP contribution in [0.3, 0.4) is 0 Å². The molecule has 1 saturated carbocycles. The molecule has 1 aliphatic carbocycles. The molecule has 5 nitrogen and oxygen atoms in total. The van der Waals surface area contributed by atoms with E-state index in [-0.39, 0.29) is 18.8 Å². The monoisotopic (exact) mass is 478 g/mol. The molecular weight excluding hydrogens is 465 g/mol. The summed E-state index contributed by atoms with van der Waals surface area (Å²) >= 11 is 0. The highest BCUT2D eigenvalue weighted by Crippen LogP contribution is 2.42. The van der Waals surface area contributed by atoms with Crippen molar-refractivity contribution < 1.29 is 54.9 Å². The summed E-state index contributed by atoms with van der Waals surface area (Å²) in [6, 6.07) is 0. The Morgan fingerprint density at radius 3 is 2.15 bits per heavy atom. The Labute approximate surface area is 180 Å². The van der Waals surface area contributed by atoms with Crippen LogP contribution < -0.4 is 4.74 Å². The normalized spacial score (nSPS) is 24.5. The highest BCUT2D eigenvalue weighted by Gasteiger charge is 2.48.